The predicted molar refractivity (Wildman–Crippen MR) is 87.0 cm³/mol. The minimum Gasteiger partial charge on any atom is -0.460 e. The zero-order chi connectivity index (χ0) is 14.7. The first kappa shape index (κ1) is 13.8. The number of aromatic nitrogens is 2. The molecule has 3 rings (SSSR count). The molecule has 0 amide bonds. The number of anilines is 1. The second-order valence-electron chi connectivity index (χ2n) is 4.46. The highest BCUT2D eigenvalue weighted by molar-refractivity contribution is 9.10. The van der Waals surface area contributed by atoms with Crippen LogP contribution >= 0.6 is 15.9 Å². The molecule has 0 bridgehead atoms. The van der Waals surface area contributed by atoms with Gasteiger partial charge in [-0.15, -0.1) is 0 Å². The van der Waals surface area contributed by atoms with Crippen molar-refractivity contribution in [2.75, 3.05) is 11.9 Å². The smallest absolute Gasteiger partial charge is 0.199 e. The first-order valence-electron chi connectivity index (χ1n) is 6.69. The van der Waals surface area contributed by atoms with Gasteiger partial charge in [0, 0.05) is 18.2 Å². The zero-order valence-corrected chi connectivity index (χ0v) is 13.1. The molecule has 21 heavy (non-hydrogen) atoms. The lowest BCUT2D eigenvalue weighted by Crippen LogP contribution is -2.02. The molecule has 0 atom stereocenters. The zero-order valence-electron chi connectivity index (χ0n) is 11.5. The number of halogens is 1. The maximum absolute atomic E-state index is 5.47. The van der Waals surface area contributed by atoms with E-state index >= 15 is 0 Å². The van der Waals surface area contributed by atoms with Crippen molar-refractivity contribution >= 4 is 21.7 Å². The fourth-order valence-corrected chi connectivity index (χ4v) is 2.41. The number of furan rings is 1. The Balaban J connectivity index is 2.13. The normalized spacial score (nSPS) is 10.6. The van der Waals surface area contributed by atoms with E-state index < -0.39 is 0 Å². The Morgan fingerprint density at radius 1 is 1.14 bits per heavy atom. The first-order chi connectivity index (χ1) is 10.3. The van der Waals surface area contributed by atoms with Gasteiger partial charge in [0.1, 0.15) is 5.82 Å². The van der Waals surface area contributed by atoms with E-state index in [1.54, 1.807) is 6.26 Å². The Morgan fingerprint density at radius 3 is 2.62 bits per heavy atom. The van der Waals surface area contributed by atoms with Crippen LogP contribution in [0.4, 0.5) is 5.82 Å². The van der Waals surface area contributed by atoms with Gasteiger partial charge in [0.05, 0.1) is 16.4 Å². The summed E-state index contributed by atoms with van der Waals surface area (Å²) in [5.74, 6) is 1.97. The van der Waals surface area contributed by atoms with Crippen molar-refractivity contribution in [3.63, 3.8) is 0 Å². The van der Waals surface area contributed by atoms with Crippen molar-refractivity contribution in [2.45, 2.75) is 6.92 Å². The molecule has 0 aliphatic carbocycles. The fourth-order valence-electron chi connectivity index (χ4n) is 2.03. The molecule has 1 aromatic carbocycles. The van der Waals surface area contributed by atoms with Crippen molar-refractivity contribution in [1.29, 1.82) is 0 Å². The molecule has 1 N–H and O–H groups in total. The highest BCUT2D eigenvalue weighted by atomic mass is 79.9. The van der Waals surface area contributed by atoms with Crippen molar-refractivity contribution in [2.24, 2.45) is 0 Å². The summed E-state index contributed by atoms with van der Waals surface area (Å²) in [5.41, 5.74) is 1.91. The van der Waals surface area contributed by atoms with Crippen molar-refractivity contribution < 1.29 is 4.42 Å². The molecule has 0 saturated carbocycles. The standard InChI is InChI=1S/C16H14BrN3O/c1-2-18-14-10-13(11-6-4-3-5-7-11)19-16(20-14)15-12(17)8-9-21-15/h3-10H,2H2,1H3,(H,18,19,20). The number of nitrogens with one attached hydrogen (secondary N) is 1. The summed E-state index contributed by atoms with van der Waals surface area (Å²) in [7, 11) is 0. The number of hydrogen-bond acceptors (Lipinski definition) is 4. The van der Waals surface area contributed by atoms with Crippen LogP contribution < -0.4 is 5.32 Å². The summed E-state index contributed by atoms with van der Waals surface area (Å²) in [4.78, 5) is 9.12. The molecule has 2 heterocycles. The van der Waals surface area contributed by atoms with E-state index in [0.717, 1.165) is 28.1 Å². The minimum absolute atomic E-state index is 0.559. The van der Waals surface area contributed by atoms with Crippen LogP contribution in [0.1, 0.15) is 6.92 Å². The number of hydrogen-bond donors (Lipinski definition) is 1. The second-order valence-corrected chi connectivity index (χ2v) is 5.31. The molecule has 0 spiro atoms. The van der Waals surface area contributed by atoms with Gasteiger partial charge < -0.3 is 9.73 Å². The molecule has 0 saturated heterocycles. The van der Waals surface area contributed by atoms with Gasteiger partial charge in [-0.05, 0) is 28.9 Å². The van der Waals surface area contributed by atoms with Crippen LogP contribution in [0.2, 0.25) is 0 Å². The Hall–Kier alpha value is -2.14. The molecule has 5 heteroatoms. The van der Waals surface area contributed by atoms with Gasteiger partial charge in [0.25, 0.3) is 0 Å². The minimum atomic E-state index is 0.559. The Morgan fingerprint density at radius 2 is 1.95 bits per heavy atom. The van der Waals surface area contributed by atoms with Crippen molar-refractivity contribution in [1.82, 2.24) is 9.97 Å². The van der Waals surface area contributed by atoms with E-state index in [0.29, 0.717) is 11.6 Å². The third-order valence-corrected chi connectivity index (χ3v) is 3.60. The van der Waals surface area contributed by atoms with E-state index in [9.17, 15) is 0 Å². The lowest BCUT2D eigenvalue weighted by atomic mass is 10.1. The summed E-state index contributed by atoms with van der Waals surface area (Å²) in [5, 5.41) is 3.23. The summed E-state index contributed by atoms with van der Waals surface area (Å²) in [6.45, 7) is 2.83. The quantitative estimate of drug-likeness (QED) is 0.752. The Kier molecular flexibility index (Phi) is 4.01. The number of benzene rings is 1. The summed E-state index contributed by atoms with van der Waals surface area (Å²) < 4.78 is 6.32. The number of nitrogens with zero attached hydrogens (tertiary/aromatic N) is 2. The fraction of sp³-hybridized carbons (Fsp3) is 0.125. The van der Waals surface area contributed by atoms with Crippen LogP contribution in [-0.4, -0.2) is 16.5 Å². The average Bonchev–Trinajstić information content (AvgIpc) is 2.94. The molecule has 0 unspecified atom stereocenters. The van der Waals surface area contributed by atoms with Crippen molar-refractivity contribution in [3.8, 4) is 22.8 Å². The third-order valence-electron chi connectivity index (χ3n) is 2.97. The van der Waals surface area contributed by atoms with E-state index in [1.165, 1.54) is 0 Å². The topological polar surface area (TPSA) is 51.0 Å². The lowest BCUT2D eigenvalue weighted by molar-refractivity contribution is 0.576. The maximum Gasteiger partial charge on any atom is 0.199 e. The summed E-state index contributed by atoms with van der Waals surface area (Å²) >= 11 is 3.45. The first-order valence-corrected chi connectivity index (χ1v) is 7.49. The average molecular weight is 344 g/mol. The van der Waals surface area contributed by atoms with E-state index in [2.05, 4.69) is 31.2 Å². The van der Waals surface area contributed by atoms with Gasteiger partial charge in [0.2, 0.25) is 0 Å². The Bertz CT molecular complexity index is 740. The molecular formula is C16H14BrN3O. The van der Waals surface area contributed by atoms with Gasteiger partial charge >= 0.3 is 0 Å². The van der Waals surface area contributed by atoms with E-state index in [-0.39, 0.29) is 0 Å². The summed E-state index contributed by atoms with van der Waals surface area (Å²) in [6.07, 6.45) is 1.62. The molecular weight excluding hydrogens is 330 g/mol. The van der Waals surface area contributed by atoms with Gasteiger partial charge in [-0.1, -0.05) is 30.3 Å². The molecule has 0 fully saturated rings. The second kappa shape index (κ2) is 6.10. The molecule has 0 aliphatic heterocycles. The predicted octanol–water partition coefficient (Wildman–Crippen LogP) is 4.60. The van der Waals surface area contributed by atoms with Crippen LogP contribution in [0, 0.1) is 0 Å². The highest BCUT2D eigenvalue weighted by Gasteiger charge is 2.13. The molecule has 0 aliphatic rings. The SMILES string of the molecule is CCNc1cc(-c2ccccc2)nc(-c2occc2Br)n1. The van der Waals surface area contributed by atoms with Crippen LogP contribution in [0.3, 0.4) is 0 Å². The number of rotatable bonds is 4. The highest BCUT2D eigenvalue weighted by Crippen LogP contribution is 2.29. The molecule has 106 valence electrons. The monoisotopic (exact) mass is 343 g/mol. The van der Waals surface area contributed by atoms with Gasteiger partial charge in [-0.3, -0.25) is 0 Å². The van der Waals surface area contributed by atoms with E-state index in [4.69, 9.17) is 4.42 Å². The molecule has 2 aromatic heterocycles. The molecule has 3 aromatic rings. The summed E-state index contributed by atoms with van der Waals surface area (Å²) in [6, 6.07) is 13.8. The van der Waals surface area contributed by atoms with Crippen molar-refractivity contribution in [3.05, 3.63) is 53.2 Å². The molecule has 0 radical (unpaired) electrons. The van der Waals surface area contributed by atoms with Gasteiger partial charge in [0.15, 0.2) is 11.6 Å². The molecule has 4 nitrogen and oxygen atoms in total. The van der Waals surface area contributed by atoms with Crippen LogP contribution in [0.15, 0.2) is 57.6 Å². The van der Waals surface area contributed by atoms with Gasteiger partial charge in [-0.25, -0.2) is 9.97 Å². The lowest BCUT2D eigenvalue weighted by Gasteiger charge is -2.08. The van der Waals surface area contributed by atoms with Crippen LogP contribution in [-0.2, 0) is 0 Å². The third kappa shape index (κ3) is 2.97. The van der Waals surface area contributed by atoms with E-state index in [1.807, 2.05) is 49.4 Å². The maximum atomic E-state index is 5.47. The van der Waals surface area contributed by atoms with Gasteiger partial charge in [-0.2, -0.15) is 0 Å². The Labute approximate surface area is 131 Å². The van der Waals surface area contributed by atoms with Crippen LogP contribution in [0.5, 0.6) is 0 Å². The largest absolute Gasteiger partial charge is 0.460 e. The van der Waals surface area contributed by atoms with Crippen LogP contribution in [0.25, 0.3) is 22.8 Å².